The summed E-state index contributed by atoms with van der Waals surface area (Å²) in [5.41, 5.74) is 5.50. The Morgan fingerprint density at radius 1 is 1.41 bits per heavy atom. The summed E-state index contributed by atoms with van der Waals surface area (Å²) in [4.78, 5) is 0. The van der Waals surface area contributed by atoms with Gasteiger partial charge in [0.1, 0.15) is 0 Å². The highest BCUT2D eigenvalue weighted by atomic mass is 32.2. The molecule has 0 radical (unpaired) electrons. The standard InChI is InChI=1S/C19H22N2S/c1-5-9-14-10-7-8-11-16(14)18-15(6-2)13(3)21-19(22-4)17(18)12-20/h6-8,10-11,18,21H,2,5,9H2,1,3-4H3. The van der Waals surface area contributed by atoms with Gasteiger partial charge in [-0.2, -0.15) is 5.26 Å². The maximum atomic E-state index is 9.73. The molecule has 0 bridgehead atoms. The minimum absolute atomic E-state index is 0.0195. The lowest BCUT2D eigenvalue weighted by atomic mass is 9.80. The van der Waals surface area contributed by atoms with Gasteiger partial charge >= 0.3 is 0 Å². The van der Waals surface area contributed by atoms with Crippen LogP contribution in [0.4, 0.5) is 0 Å². The summed E-state index contributed by atoms with van der Waals surface area (Å²) >= 11 is 1.59. The zero-order chi connectivity index (χ0) is 16.1. The van der Waals surface area contributed by atoms with Crippen LogP contribution in [0.15, 0.2) is 58.8 Å². The fraction of sp³-hybridized carbons (Fsp3) is 0.316. The third-order valence-corrected chi connectivity index (χ3v) is 4.74. The van der Waals surface area contributed by atoms with Crippen molar-refractivity contribution < 1.29 is 0 Å². The average Bonchev–Trinajstić information content (AvgIpc) is 2.54. The van der Waals surface area contributed by atoms with Crippen LogP contribution in [0.3, 0.4) is 0 Å². The van der Waals surface area contributed by atoms with Gasteiger partial charge in [-0.25, -0.2) is 0 Å². The zero-order valence-corrected chi connectivity index (χ0v) is 14.3. The van der Waals surface area contributed by atoms with Crippen LogP contribution in [0.1, 0.15) is 37.3 Å². The first-order valence-corrected chi connectivity index (χ1v) is 8.76. The first kappa shape index (κ1) is 16.5. The lowest BCUT2D eigenvalue weighted by Crippen LogP contribution is -2.23. The Bertz CT molecular complexity index is 677. The number of benzene rings is 1. The Hall–Kier alpha value is -1.92. The summed E-state index contributed by atoms with van der Waals surface area (Å²) in [7, 11) is 0. The Labute approximate surface area is 137 Å². The molecule has 0 amide bonds. The van der Waals surface area contributed by atoms with Crippen molar-refractivity contribution in [1.82, 2.24) is 5.32 Å². The molecular weight excluding hydrogens is 288 g/mol. The van der Waals surface area contributed by atoms with Gasteiger partial charge in [0, 0.05) is 11.6 Å². The van der Waals surface area contributed by atoms with Gasteiger partial charge in [0.15, 0.2) is 0 Å². The van der Waals surface area contributed by atoms with Crippen LogP contribution in [-0.2, 0) is 6.42 Å². The van der Waals surface area contributed by atoms with E-state index in [9.17, 15) is 5.26 Å². The van der Waals surface area contributed by atoms with Crippen LogP contribution in [0.5, 0.6) is 0 Å². The third-order valence-electron chi connectivity index (χ3n) is 4.01. The van der Waals surface area contributed by atoms with E-state index in [4.69, 9.17) is 0 Å². The molecule has 0 fully saturated rings. The van der Waals surface area contributed by atoms with Gasteiger partial charge in [-0.3, -0.25) is 0 Å². The number of nitrogens with zero attached hydrogens (tertiary/aromatic N) is 1. The number of dihydropyridines is 1. The maximum Gasteiger partial charge on any atom is 0.0984 e. The van der Waals surface area contributed by atoms with E-state index in [1.54, 1.807) is 11.8 Å². The van der Waals surface area contributed by atoms with Gasteiger partial charge in [0.05, 0.1) is 16.7 Å². The van der Waals surface area contributed by atoms with Crippen molar-refractivity contribution in [1.29, 1.82) is 5.26 Å². The molecule has 0 saturated heterocycles. The van der Waals surface area contributed by atoms with E-state index in [0.717, 1.165) is 34.7 Å². The molecular formula is C19H22N2S. The number of thioether (sulfide) groups is 1. The van der Waals surface area contributed by atoms with E-state index in [0.29, 0.717) is 0 Å². The van der Waals surface area contributed by atoms with Crippen LogP contribution in [0.2, 0.25) is 0 Å². The smallest absolute Gasteiger partial charge is 0.0984 e. The minimum atomic E-state index is -0.0195. The van der Waals surface area contributed by atoms with Gasteiger partial charge < -0.3 is 5.32 Å². The fourth-order valence-corrected chi connectivity index (χ4v) is 3.63. The molecule has 1 unspecified atom stereocenters. The predicted molar refractivity (Wildman–Crippen MR) is 95.4 cm³/mol. The number of nitriles is 1. The Balaban J connectivity index is 2.67. The SMILES string of the molecule is C=CC1=C(C)NC(SC)=C(C#N)C1c1ccccc1CCC. The third kappa shape index (κ3) is 2.98. The molecule has 1 N–H and O–H groups in total. The van der Waals surface area contributed by atoms with E-state index >= 15 is 0 Å². The van der Waals surface area contributed by atoms with Crippen molar-refractivity contribution in [2.24, 2.45) is 0 Å². The lowest BCUT2D eigenvalue weighted by Gasteiger charge is -2.30. The predicted octanol–water partition coefficient (Wildman–Crippen LogP) is 4.88. The molecule has 3 heteroatoms. The van der Waals surface area contributed by atoms with Crippen LogP contribution in [0, 0.1) is 11.3 Å². The van der Waals surface area contributed by atoms with Crippen molar-refractivity contribution >= 4 is 11.8 Å². The molecule has 0 aromatic heterocycles. The van der Waals surface area contributed by atoms with Crippen molar-refractivity contribution in [3.8, 4) is 6.07 Å². The van der Waals surface area contributed by atoms with Crippen molar-refractivity contribution in [2.45, 2.75) is 32.6 Å². The van der Waals surface area contributed by atoms with E-state index in [-0.39, 0.29) is 5.92 Å². The monoisotopic (exact) mass is 310 g/mol. The average molecular weight is 310 g/mol. The molecule has 2 nitrogen and oxygen atoms in total. The highest BCUT2D eigenvalue weighted by molar-refractivity contribution is 8.02. The second kappa shape index (κ2) is 7.38. The molecule has 0 saturated carbocycles. The first-order valence-electron chi connectivity index (χ1n) is 7.54. The molecule has 1 aliphatic heterocycles. The van der Waals surface area contributed by atoms with Gasteiger partial charge in [-0.1, -0.05) is 50.3 Å². The zero-order valence-electron chi connectivity index (χ0n) is 13.4. The number of hydrogen-bond donors (Lipinski definition) is 1. The Morgan fingerprint density at radius 3 is 2.73 bits per heavy atom. The highest BCUT2D eigenvalue weighted by Crippen LogP contribution is 2.41. The van der Waals surface area contributed by atoms with Gasteiger partial charge in [0.2, 0.25) is 0 Å². The second-order valence-corrected chi connectivity index (χ2v) is 6.17. The highest BCUT2D eigenvalue weighted by Gasteiger charge is 2.30. The van der Waals surface area contributed by atoms with Crippen LogP contribution >= 0.6 is 11.8 Å². The van der Waals surface area contributed by atoms with Crippen LogP contribution < -0.4 is 5.32 Å². The van der Waals surface area contributed by atoms with Crippen molar-refractivity contribution in [3.05, 3.63) is 69.9 Å². The molecule has 114 valence electrons. The maximum absolute atomic E-state index is 9.73. The Kier molecular flexibility index (Phi) is 5.51. The van der Waals surface area contributed by atoms with E-state index < -0.39 is 0 Å². The minimum Gasteiger partial charge on any atom is -0.353 e. The topological polar surface area (TPSA) is 35.8 Å². The first-order chi connectivity index (χ1) is 10.7. The van der Waals surface area contributed by atoms with Crippen LogP contribution in [-0.4, -0.2) is 6.26 Å². The molecule has 1 heterocycles. The van der Waals surface area contributed by atoms with Gasteiger partial charge in [-0.15, -0.1) is 11.8 Å². The summed E-state index contributed by atoms with van der Waals surface area (Å²) in [6, 6.07) is 10.9. The summed E-state index contributed by atoms with van der Waals surface area (Å²) in [5.74, 6) is -0.0195. The number of nitrogens with one attached hydrogen (secondary N) is 1. The number of aryl methyl sites for hydroxylation is 1. The van der Waals surface area contributed by atoms with E-state index in [1.807, 2.05) is 12.3 Å². The number of allylic oxidation sites excluding steroid dienone is 4. The fourth-order valence-electron chi connectivity index (χ4n) is 3.00. The summed E-state index contributed by atoms with van der Waals surface area (Å²) in [6.45, 7) is 8.21. The van der Waals surface area contributed by atoms with Crippen molar-refractivity contribution in [3.63, 3.8) is 0 Å². The molecule has 1 aromatic carbocycles. The summed E-state index contributed by atoms with van der Waals surface area (Å²) < 4.78 is 0. The normalized spacial score (nSPS) is 18.0. The van der Waals surface area contributed by atoms with Gasteiger partial charge in [-0.05, 0) is 36.3 Å². The summed E-state index contributed by atoms with van der Waals surface area (Å²) in [6.07, 6.45) is 6.00. The molecule has 0 spiro atoms. The Morgan fingerprint density at radius 2 is 2.14 bits per heavy atom. The van der Waals surface area contributed by atoms with Crippen LogP contribution in [0.25, 0.3) is 0 Å². The summed E-state index contributed by atoms with van der Waals surface area (Å²) in [5, 5.41) is 14.0. The van der Waals surface area contributed by atoms with E-state index in [1.165, 1.54) is 11.1 Å². The molecule has 1 aliphatic rings. The van der Waals surface area contributed by atoms with Crippen molar-refractivity contribution in [2.75, 3.05) is 6.26 Å². The molecule has 1 atom stereocenters. The van der Waals surface area contributed by atoms with Gasteiger partial charge in [0.25, 0.3) is 0 Å². The number of hydrogen-bond acceptors (Lipinski definition) is 3. The molecule has 22 heavy (non-hydrogen) atoms. The van der Waals surface area contributed by atoms with E-state index in [2.05, 4.69) is 56.1 Å². The molecule has 0 aliphatic carbocycles. The number of rotatable bonds is 5. The second-order valence-electron chi connectivity index (χ2n) is 5.35. The lowest BCUT2D eigenvalue weighted by molar-refractivity contribution is 0.823. The molecule has 2 rings (SSSR count). The molecule has 1 aromatic rings. The quantitative estimate of drug-likeness (QED) is 0.841. The largest absolute Gasteiger partial charge is 0.353 e.